The molecule has 0 heterocycles. The van der Waals surface area contributed by atoms with Crippen molar-refractivity contribution in [2.24, 2.45) is 10.5 Å². The zero-order valence-corrected chi connectivity index (χ0v) is 22.8. The molecule has 178 valence electrons. The maximum atomic E-state index is 12.2. The number of non-ortho nitro benzene ring substituents is 1. The van der Waals surface area contributed by atoms with Crippen molar-refractivity contribution < 1.29 is 14.5 Å². The number of hydrogen-bond acceptors (Lipinski definition) is 5. The van der Waals surface area contributed by atoms with Gasteiger partial charge in [0.25, 0.3) is 11.6 Å². The minimum absolute atomic E-state index is 0.00653. The SMILES string of the molecule is CC(=NNC(=O)COc1c(Br)cc(C(C)(C)CC(C)(C)C)cc1Br)c1ccc([N+](=O)[O-])cc1. The summed E-state index contributed by atoms with van der Waals surface area (Å²) in [4.78, 5) is 22.5. The van der Waals surface area contributed by atoms with Gasteiger partial charge in [0.1, 0.15) is 5.75 Å². The molecule has 2 rings (SSSR count). The number of carbonyl (C=O) groups is 1. The molecule has 0 aliphatic heterocycles. The highest BCUT2D eigenvalue weighted by atomic mass is 79.9. The lowest BCUT2D eigenvalue weighted by atomic mass is 9.72. The molecule has 0 aliphatic rings. The summed E-state index contributed by atoms with van der Waals surface area (Å²) in [6.07, 6.45) is 1.01. The van der Waals surface area contributed by atoms with Crippen molar-refractivity contribution in [2.45, 2.75) is 53.4 Å². The van der Waals surface area contributed by atoms with E-state index in [0.717, 1.165) is 20.9 Å². The number of rotatable bonds is 8. The van der Waals surface area contributed by atoms with E-state index < -0.39 is 10.8 Å². The van der Waals surface area contributed by atoms with Crippen molar-refractivity contribution >= 4 is 49.2 Å². The Labute approximate surface area is 211 Å². The van der Waals surface area contributed by atoms with E-state index in [2.05, 4.69) is 77.0 Å². The lowest BCUT2D eigenvalue weighted by molar-refractivity contribution is -0.384. The first-order valence-corrected chi connectivity index (χ1v) is 12.0. The number of nitrogens with zero attached hydrogens (tertiary/aromatic N) is 2. The van der Waals surface area contributed by atoms with Gasteiger partial charge in [-0.15, -0.1) is 0 Å². The summed E-state index contributed by atoms with van der Waals surface area (Å²) >= 11 is 7.13. The van der Waals surface area contributed by atoms with Gasteiger partial charge in [0.05, 0.1) is 19.6 Å². The number of hydrogen-bond donors (Lipinski definition) is 1. The van der Waals surface area contributed by atoms with Gasteiger partial charge in [0.15, 0.2) is 6.61 Å². The zero-order valence-electron chi connectivity index (χ0n) is 19.7. The second kappa shape index (κ2) is 10.8. The van der Waals surface area contributed by atoms with E-state index >= 15 is 0 Å². The number of nitrogens with one attached hydrogen (secondary N) is 1. The number of carbonyl (C=O) groups excluding carboxylic acids is 1. The van der Waals surface area contributed by atoms with Gasteiger partial charge in [-0.25, -0.2) is 5.43 Å². The predicted octanol–water partition coefficient (Wildman–Crippen LogP) is 6.75. The van der Waals surface area contributed by atoms with Gasteiger partial charge >= 0.3 is 0 Å². The van der Waals surface area contributed by atoms with E-state index in [0.29, 0.717) is 17.0 Å². The highest BCUT2D eigenvalue weighted by Gasteiger charge is 2.28. The molecule has 0 atom stereocenters. The molecule has 1 N–H and O–H groups in total. The van der Waals surface area contributed by atoms with Crippen molar-refractivity contribution in [1.82, 2.24) is 5.43 Å². The van der Waals surface area contributed by atoms with Crippen molar-refractivity contribution in [3.8, 4) is 5.75 Å². The van der Waals surface area contributed by atoms with Gasteiger partial charge in [0.2, 0.25) is 0 Å². The highest BCUT2D eigenvalue weighted by molar-refractivity contribution is 9.11. The van der Waals surface area contributed by atoms with Gasteiger partial charge in [-0.05, 0) is 91.4 Å². The molecule has 7 nitrogen and oxygen atoms in total. The van der Waals surface area contributed by atoms with Crippen LogP contribution in [0.5, 0.6) is 5.75 Å². The molecule has 0 saturated carbocycles. The largest absolute Gasteiger partial charge is 0.481 e. The monoisotopic (exact) mass is 581 g/mol. The third-order valence-corrected chi connectivity index (χ3v) is 6.12. The number of benzene rings is 2. The summed E-state index contributed by atoms with van der Waals surface area (Å²) in [7, 11) is 0. The zero-order chi connectivity index (χ0) is 25.0. The fourth-order valence-electron chi connectivity index (χ4n) is 3.72. The predicted molar refractivity (Wildman–Crippen MR) is 138 cm³/mol. The Morgan fingerprint density at radius 1 is 1.09 bits per heavy atom. The van der Waals surface area contributed by atoms with Gasteiger partial charge in [-0.2, -0.15) is 5.10 Å². The number of hydrazone groups is 1. The maximum absolute atomic E-state index is 12.2. The average Bonchev–Trinajstić information content (AvgIpc) is 2.69. The molecule has 1 amide bonds. The molecule has 0 saturated heterocycles. The van der Waals surface area contributed by atoms with Crippen LogP contribution in [-0.4, -0.2) is 23.1 Å². The highest BCUT2D eigenvalue weighted by Crippen LogP contribution is 2.42. The van der Waals surface area contributed by atoms with Crippen LogP contribution in [-0.2, 0) is 10.2 Å². The molecule has 0 radical (unpaired) electrons. The summed E-state index contributed by atoms with van der Waals surface area (Å²) in [5.41, 5.74) is 4.94. The van der Waals surface area contributed by atoms with Gasteiger partial charge < -0.3 is 4.74 Å². The van der Waals surface area contributed by atoms with Crippen LogP contribution < -0.4 is 10.2 Å². The van der Waals surface area contributed by atoms with Crippen LogP contribution >= 0.6 is 31.9 Å². The Morgan fingerprint density at radius 2 is 1.64 bits per heavy atom. The summed E-state index contributed by atoms with van der Waals surface area (Å²) in [6.45, 7) is 12.6. The molecule has 0 aliphatic carbocycles. The molecule has 0 unspecified atom stereocenters. The average molecular weight is 583 g/mol. The molecular formula is C24H29Br2N3O4. The smallest absolute Gasteiger partial charge is 0.277 e. The molecule has 0 fully saturated rings. The second-order valence-corrected chi connectivity index (χ2v) is 11.4. The summed E-state index contributed by atoms with van der Waals surface area (Å²) in [6, 6.07) is 10.00. The van der Waals surface area contributed by atoms with E-state index in [1.54, 1.807) is 19.1 Å². The molecule has 0 aromatic heterocycles. The van der Waals surface area contributed by atoms with Gasteiger partial charge in [0, 0.05) is 12.1 Å². The number of nitro groups is 1. The Bertz CT molecular complexity index is 1040. The van der Waals surface area contributed by atoms with Crippen LogP contribution in [0.1, 0.15) is 59.1 Å². The molecule has 9 heteroatoms. The van der Waals surface area contributed by atoms with Gasteiger partial charge in [-0.3, -0.25) is 14.9 Å². The first kappa shape index (κ1) is 27.0. The molecular weight excluding hydrogens is 554 g/mol. The summed E-state index contributed by atoms with van der Waals surface area (Å²) in [5.74, 6) is 0.115. The van der Waals surface area contributed by atoms with Crippen LogP contribution in [0.3, 0.4) is 0 Å². The summed E-state index contributed by atoms with van der Waals surface area (Å²) in [5, 5.41) is 14.8. The Balaban J connectivity index is 2.03. The topological polar surface area (TPSA) is 93.8 Å². The molecule has 2 aromatic rings. The molecule has 33 heavy (non-hydrogen) atoms. The van der Waals surface area contributed by atoms with Crippen LogP contribution in [0.4, 0.5) is 5.69 Å². The van der Waals surface area contributed by atoms with Crippen LogP contribution in [0.2, 0.25) is 0 Å². The minimum atomic E-state index is -0.469. The number of halogens is 2. The number of ether oxygens (including phenoxy) is 1. The van der Waals surface area contributed by atoms with Crippen LogP contribution in [0.15, 0.2) is 50.4 Å². The van der Waals surface area contributed by atoms with Gasteiger partial charge in [-0.1, -0.05) is 34.6 Å². The molecule has 2 aromatic carbocycles. The van der Waals surface area contributed by atoms with Crippen LogP contribution in [0, 0.1) is 15.5 Å². The van der Waals surface area contributed by atoms with Crippen molar-refractivity contribution in [1.29, 1.82) is 0 Å². The lowest BCUT2D eigenvalue weighted by Gasteiger charge is -2.33. The first-order valence-electron chi connectivity index (χ1n) is 10.4. The quantitative estimate of drug-likeness (QED) is 0.211. The normalized spacial score (nSPS) is 12.4. The standard InChI is InChI=1S/C24H29Br2N3O4/c1-15(16-7-9-18(10-8-16)29(31)32)27-28-21(30)13-33-22-19(25)11-17(12-20(22)26)24(5,6)14-23(2,3)4/h7-12H,13-14H2,1-6H3,(H,28,30). The van der Waals surface area contributed by atoms with E-state index in [4.69, 9.17) is 4.74 Å². The van der Waals surface area contributed by atoms with E-state index in [1.165, 1.54) is 12.1 Å². The van der Waals surface area contributed by atoms with E-state index in [1.807, 2.05) is 12.1 Å². The van der Waals surface area contributed by atoms with Crippen LogP contribution in [0.25, 0.3) is 0 Å². The maximum Gasteiger partial charge on any atom is 0.277 e. The Morgan fingerprint density at radius 3 is 2.12 bits per heavy atom. The number of amides is 1. The minimum Gasteiger partial charge on any atom is -0.481 e. The third kappa shape index (κ3) is 7.92. The van der Waals surface area contributed by atoms with Crippen molar-refractivity contribution in [3.05, 3.63) is 66.6 Å². The Hall–Kier alpha value is -2.26. The third-order valence-electron chi connectivity index (χ3n) is 4.94. The second-order valence-electron chi connectivity index (χ2n) is 9.72. The fraction of sp³-hybridized carbons (Fsp3) is 0.417. The lowest BCUT2D eigenvalue weighted by Crippen LogP contribution is -2.26. The number of nitro benzene ring substituents is 1. The van der Waals surface area contributed by atoms with Crippen molar-refractivity contribution in [3.63, 3.8) is 0 Å². The Kier molecular flexibility index (Phi) is 8.81. The molecule has 0 bridgehead atoms. The van der Waals surface area contributed by atoms with Crippen molar-refractivity contribution in [2.75, 3.05) is 6.61 Å². The molecule has 0 spiro atoms. The fourth-order valence-corrected chi connectivity index (χ4v) is 5.14. The van der Waals surface area contributed by atoms with E-state index in [-0.39, 0.29) is 23.1 Å². The summed E-state index contributed by atoms with van der Waals surface area (Å²) < 4.78 is 7.24. The first-order chi connectivity index (χ1) is 15.2. The van der Waals surface area contributed by atoms with E-state index in [9.17, 15) is 14.9 Å².